The second kappa shape index (κ2) is 9.64. The van der Waals surface area contributed by atoms with Crippen LogP contribution in [0.25, 0.3) is 0 Å². The minimum Gasteiger partial charge on any atom is -0.369 e. The molecule has 7 heteroatoms. The quantitative estimate of drug-likeness (QED) is 0.675. The number of nitrogens with zero attached hydrogens (tertiary/aromatic N) is 2. The normalized spacial score (nSPS) is 25.1. The number of carbonyl (C=O) groups excluding carboxylic acids is 3. The van der Waals surface area contributed by atoms with Crippen LogP contribution in [-0.4, -0.2) is 73.2 Å². The smallest absolute Gasteiger partial charge is 0.231 e. The van der Waals surface area contributed by atoms with Crippen LogP contribution in [0, 0.1) is 17.3 Å². The fourth-order valence-corrected chi connectivity index (χ4v) is 4.17. The van der Waals surface area contributed by atoms with E-state index in [1.807, 2.05) is 20.8 Å². The Hall–Kier alpha value is -1.47. The Morgan fingerprint density at radius 2 is 1.52 bits per heavy atom. The van der Waals surface area contributed by atoms with Crippen LogP contribution in [-0.2, 0) is 14.4 Å². The Labute approximate surface area is 163 Å². The van der Waals surface area contributed by atoms with Gasteiger partial charge in [-0.1, -0.05) is 33.6 Å². The molecule has 0 aromatic heterocycles. The summed E-state index contributed by atoms with van der Waals surface area (Å²) in [5.74, 6) is -0.367. The molecule has 1 heterocycles. The van der Waals surface area contributed by atoms with Crippen molar-refractivity contribution in [3.05, 3.63) is 0 Å². The van der Waals surface area contributed by atoms with Crippen molar-refractivity contribution in [3.63, 3.8) is 0 Å². The third-order valence-electron chi connectivity index (χ3n) is 5.75. The molecule has 7 nitrogen and oxygen atoms in total. The SMILES string of the molecule is CC(C)(C)C(=O)[C@H]1CCCC[C@H]1C(=O)NCCN1CCN(CC(N)=O)CC1. The molecule has 1 aliphatic carbocycles. The Bertz CT molecular complexity index is 536. The lowest BCUT2D eigenvalue weighted by Crippen LogP contribution is -2.51. The van der Waals surface area contributed by atoms with Gasteiger partial charge in [0.15, 0.2) is 0 Å². The molecule has 1 saturated heterocycles. The van der Waals surface area contributed by atoms with Gasteiger partial charge in [-0.3, -0.25) is 24.2 Å². The highest BCUT2D eigenvalue weighted by atomic mass is 16.2. The van der Waals surface area contributed by atoms with Crippen molar-refractivity contribution in [3.8, 4) is 0 Å². The number of amides is 2. The molecule has 0 aromatic rings. The highest BCUT2D eigenvalue weighted by Crippen LogP contribution is 2.35. The second-order valence-corrected chi connectivity index (χ2v) is 8.99. The molecular formula is C20H36N4O3. The number of rotatable bonds is 7. The Balaban J connectivity index is 1.76. The zero-order valence-corrected chi connectivity index (χ0v) is 17.1. The minimum absolute atomic E-state index is 0.0321. The lowest BCUT2D eigenvalue weighted by molar-refractivity contribution is -0.139. The molecule has 2 fully saturated rings. The lowest BCUT2D eigenvalue weighted by atomic mass is 9.70. The van der Waals surface area contributed by atoms with E-state index in [0.717, 1.165) is 58.4 Å². The van der Waals surface area contributed by atoms with Gasteiger partial charge in [0.2, 0.25) is 11.8 Å². The number of primary amides is 1. The van der Waals surface area contributed by atoms with Crippen LogP contribution in [0.4, 0.5) is 0 Å². The summed E-state index contributed by atoms with van der Waals surface area (Å²) in [5.41, 5.74) is 4.84. The highest BCUT2D eigenvalue weighted by molar-refractivity contribution is 5.91. The molecule has 0 aromatic carbocycles. The molecule has 0 radical (unpaired) electrons. The van der Waals surface area contributed by atoms with Crippen molar-refractivity contribution in [2.24, 2.45) is 23.0 Å². The van der Waals surface area contributed by atoms with Crippen LogP contribution in [0.2, 0.25) is 0 Å². The molecule has 0 unspecified atom stereocenters. The predicted octanol–water partition coefficient (Wildman–Crippen LogP) is 0.627. The van der Waals surface area contributed by atoms with E-state index in [2.05, 4.69) is 15.1 Å². The number of hydrogen-bond acceptors (Lipinski definition) is 5. The molecule has 0 spiro atoms. The Kier molecular flexibility index (Phi) is 7.79. The molecule has 2 aliphatic rings. The summed E-state index contributed by atoms with van der Waals surface area (Å²) < 4.78 is 0. The zero-order valence-electron chi connectivity index (χ0n) is 17.1. The minimum atomic E-state index is -0.398. The van der Waals surface area contributed by atoms with Crippen molar-refractivity contribution < 1.29 is 14.4 Å². The maximum absolute atomic E-state index is 12.7. The molecule has 154 valence electrons. The van der Waals surface area contributed by atoms with Gasteiger partial charge in [-0.2, -0.15) is 0 Å². The van der Waals surface area contributed by atoms with Crippen molar-refractivity contribution in [2.75, 3.05) is 45.8 Å². The van der Waals surface area contributed by atoms with Gasteiger partial charge in [0.05, 0.1) is 6.54 Å². The Morgan fingerprint density at radius 1 is 0.963 bits per heavy atom. The molecule has 2 atom stereocenters. The van der Waals surface area contributed by atoms with Crippen LogP contribution in [0.1, 0.15) is 46.5 Å². The number of nitrogens with one attached hydrogen (secondary N) is 1. The summed E-state index contributed by atoms with van der Waals surface area (Å²) in [6.45, 7) is 10.9. The van der Waals surface area contributed by atoms with Crippen molar-refractivity contribution >= 4 is 17.6 Å². The maximum atomic E-state index is 12.7. The maximum Gasteiger partial charge on any atom is 0.231 e. The van der Waals surface area contributed by atoms with Crippen LogP contribution in [0.5, 0.6) is 0 Å². The van der Waals surface area contributed by atoms with Crippen molar-refractivity contribution in [1.29, 1.82) is 0 Å². The van der Waals surface area contributed by atoms with Gasteiger partial charge in [-0.15, -0.1) is 0 Å². The molecule has 2 amide bonds. The summed E-state index contributed by atoms with van der Waals surface area (Å²) in [4.78, 5) is 40.8. The molecule has 2 rings (SSSR count). The van der Waals surface area contributed by atoms with Gasteiger partial charge in [-0.25, -0.2) is 0 Å². The monoisotopic (exact) mass is 380 g/mol. The van der Waals surface area contributed by atoms with Crippen LogP contribution in [0.15, 0.2) is 0 Å². The zero-order chi connectivity index (χ0) is 20.0. The third-order valence-corrected chi connectivity index (χ3v) is 5.75. The van der Waals surface area contributed by atoms with E-state index in [0.29, 0.717) is 13.1 Å². The number of carbonyl (C=O) groups is 3. The third kappa shape index (κ3) is 6.57. The summed E-state index contributed by atoms with van der Waals surface area (Å²) in [6, 6.07) is 0. The van der Waals surface area contributed by atoms with E-state index in [1.165, 1.54) is 0 Å². The summed E-state index contributed by atoms with van der Waals surface area (Å²) in [7, 11) is 0. The Morgan fingerprint density at radius 3 is 2.07 bits per heavy atom. The summed E-state index contributed by atoms with van der Waals surface area (Å²) in [6.07, 6.45) is 3.69. The number of hydrogen-bond donors (Lipinski definition) is 2. The van der Waals surface area contributed by atoms with Gasteiger partial charge >= 0.3 is 0 Å². The first-order valence-corrected chi connectivity index (χ1v) is 10.2. The highest BCUT2D eigenvalue weighted by Gasteiger charge is 2.39. The first kappa shape index (κ1) is 21.8. The fourth-order valence-electron chi connectivity index (χ4n) is 4.17. The second-order valence-electron chi connectivity index (χ2n) is 8.99. The first-order valence-electron chi connectivity index (χ1n) is 10.2. The topological polar surface area (TPSA) is 95.7 Å². The van der Waals surface area contributed by atoms with E-state index in [-0.39, 0.29) is 29.4 Å². The first-order chi connectivity index (χ1) is 12.7. The van der Waals surface area contributed by atoms with Crippen molar-refractivity contribution in [1.82, 2.24) is 15.1 Å². The molecule has 1 aliphatic heterocycles. The summed E-state index contributed by atoms with van der Waals surface area (Å²) in [5, 5.41) is 3.06. The van der Waals surface area contributed by atoms with Crippen LogP contribution < -0.4 is 11.1 Å². The van der Waals surface area contributed by atoms with Gasteiger partial charge in [0.1, 0.15) is 5.78 Å². The van der Waals surface area contributed by atoms with E-state index in [1.54, 1.807) is 0 Å². The molecular weight excluding hydrogens is 344 g/mol. The average molecular weight is 381 g/mol. The van der Waals surface area contributed by atoms with Gasteiger partial charge in [0, 0.05) is 56.5 Å². The standard InChI is InChI=1S/C20H36N4O3/c1-20(2,3)18(26)15-6-4-5-7-16(15)19(27)22-8-9-23-10-12-24(13-11-23)14-17(21)25/h15-16H,4-14H2,1-3H3,(H2,21,25)(H,22,27)/t15-,16+/m0/s1. The molecule has 27 heavy (non-hydrogen) atoms. The molecule has 1 saturated carbocycles. The van der Waals surface area contributed by atoms with Crippen LogP contribution >= 0.6 is 0 Å². The lowest BCUT2D eigenvalue weighted by Gasteiger charge is -2.35. The van der Waals surface area contributed by atoms with Gasteiger partial charge in [-0.05, 0) is 12.8 Å². The predicted molar refractivity (Wildman–Crippen MR) is 105 cm³/mol. The molecule has 3 N–H and O–H groups in total. The van der Waals surface area contributed by atoms with E-state index in [9.17, 15) is 14.4 Å². The van der Waals surface area contributed by atoms with Crippen molar-refractivity contribution in [2.45, 2.75) is 46.5 Å². The van der Waals surface area contributed by atoms with E-state index in [4.69, 9.17) is 5.73 Å². The van der Waals surface area contributed by atoms with Crippen LogP contribution in [0.3, 0.4) is 0 Å². The van der Waals surface area contributed by atoms with Gasteiger partial charge < -0.3 is 11.1 Å². The number of ketones is 1. The van der Waals surface area contributed by atoms with E-state index < -0.39 is 5.41 Å². The van der Waals surface area contributed by atoms with E-state index >= 15 is 0 Å². The fraction of sp³-hybridized carbons (Fsp3) is 0.850. The largest absolute Gasteiger partial charge is 0.369 e. The summed E-state index contributed by atoms with van der Waals surface area (Å²) >= 11 is 0. The number of piperazine rings is 1. The average Bonchev–Trinajstić information content (AvgIpc) is 2.61. The molecule has 0 bridgehead atoms. The van der Waals surface area contributed by atoms with Gasteiger partial charge in [0.25, 0.3) is 0 Å². The number of nitrogens with two attached hydrogens (primary N) is 1. The number of Topliss-reactive ketones (excluding diaryl/α,β-unsaturated/α-hetero) is 1.